The van der Waals surface area contributed by atoms with Crippen LogP contribution in [0, 0.1) is 5.82 Å². The van der Waals surface area contributed by atoms with Crippen molar-refractivity contribution in [1.29, 1.82) is 0 Å². The number of halogens is 2. The van der Waals surface area contributed by atoms with Gasteiger partial charge in [-0.05, 0) is 42.5 Å². The molecule has 0 radical (unpaired) electrons. The number of anilines is 1. The quantitative estimate of drug-likeness (QED) is 0.798. The van der Waals surface area contributed by atoms with Crippen LogP contribution >= 0.6 is 11.6 Å². The summed E-state index contributed by atoms with van der Waals surface area (Å²) in [4.78, 5) is 0. The first-order chi connectivity index (χ1) is 9.22. The second kappa shape index (κ2) is 4.85. The van der Waals surface area contributed by atoms with E-state index in [0.717, 1.165) is 16.7 Å². The Morgan fingerprint density at radius 2 is 1.95 bits per heavy atom. The zero-order valence-electron chi connectivity index (χ0n) is 9.85. The summed E-state index contributed by atoms with van der Waals surface area (Å²) in [7, 11) is 0. The van der Waals surface area contributed by atoms with Crippen molar-refractivity contribution < 1.29 is 4.39 Å². The third kappa shape index (κ3) is 2.51. The number of rotatable bonds is 3. The molecule has 0 saturated carbocycles. The van der Waals surface area contributed by atoms with Crippen molar-refractivity contribution in [3.63, 3.8) is 0 Å². The van der Waals surface area contributed by atoms with Gasteiger partial charge in [0.15, 0.2) is 0 Å². The maximum absolute atomic E-state index is 12.8. The van der Waals surface area contributed by atoms with Gasteiger partial charge in [-0.15, -0.1) is 5.10 Å². The van der Waals surface area contributed by atoms with Gasteiger partial charge in [-0.25, -0.2) is 9.07 Å². The fourth-order valence-electron chi connectivity index (χ4n) is 1.80. The molecule has 0 fully saturated rings. The minimum atomic E-state index is -0.258. The molecule has 2 aromatic carbocycles. The molecule has 0 bridgehead atoms. The molecule has 0 aliphatic rings. The molecule has 0 saturated heterocycles. The molecule has 0 aliphatic heterocycles. The summed E-state index contributed by atoms with van der Waals surface area (Å²) in [6.45, 7) is 0.448. The highest BCUT2D eigenvalue weighted by Gasteiger charge is 2.04. The predicted molar refractivity (Wildman–Crippen MR) is 72.6 cm³/mol. The van der Waals surface area contributed by atoms with E-state index in [2.05, 4.69) is 15.6 Å². The average molecular weight is 277 g/mol. The minimum Gasteiger partial charge on any atom is -0.366 e. The van der Waals surface area contributed by atoms with E-state index in [1.165, 1.54) is 12.1 Å². The zero-order chi connectivity index (χ0) is 13.2. The van der Waals surface area contributed by atoms with E-state index < -0.39 is 0 Å². The molecular formula is C13H10ClFN4. The fourth-order valence-corrected chi connectivity index (χ4v) is 1.96. The second-order valence-electron chi connectivity index (χ2n) is 4.06. The Morgan fingerprint density at radius 3 is 2.74 bits per heavy atom. The topological polar surface area (TPSA) is 42.7 Å². The molecule has 0 unspecified atom stereocenters. The number of benzene rings is 2. The van der Waals surface area contributed by atoms with Crippen molar-refractivity contribution >= 4 is 28.3 Å². The molecule has 0 amide bonds. The minimum absolute atomic E-state index is 0.258. The molecule has 19 heavy (non-hydrogen) atoms. The number of fused-ring (bicyclic) bond motifs is 1. The van der Waals surface area contributed by atoms with Crippen LogP contribution in [0.5, 0.6) is 0 Å². The van der Waals surface area contributed by atoms with Crippen LogP contribution in [0.15, 0.2) is 42.5 Å². The first-order valence-corrected chi connectivity index (χ1v) is 6.08. The summed E-state index contributed by atoms with van der Waals surface area (Å²) in [5, 5.41) is 11.8. The number of nitrogens with one attached hydrogen (secondary N) is 1. The van der Waals surface area contributed by atoms with Crippen molar-refractivity contribution in [1.82, 2.24) is 15.0 Å². The van der Waals surface area contributed by atoms with Gasteiger partial charge in [0.05, 0.1) is 5.52 Å². The monoisotopic (exact) mass is 276 g/mol. The lowest BCUT2D eigenvalue weighted by Crippen LogP contribution is -2.09. The third-order valence-corrected chi connectivity index (χ3v) is 2.99. The average Bonchev–Trinajstić information content (AvgIpc) is 2.80. The standard InChI is InChI=1S/C13H10ClFN4/c14-9-1-6-13-12(7-9)17-18-19(13)8-16-11-4-2-10(15)3-5-11/h1-7,16H,8H2. The summed E-state index contributed by atoms with van der Waals surface area (Å²) in [5.74, 6) is -0.258. The van der Waals surface area contributed by atoms with E-state index in [0.29, 0.717) is 11.7 Å². The highest BCUT2D eigenvalue weighted by molar-refractivity contribution is 6.31. The molecule has 4 nitrogen and oxygen atoms in total. The zero-order valence-corrected chi connectivity index (χ0v) is 10.6. The van der Waals surface area contributed by atoms with E-state index >= 15 is 0 Å². The van der Waals surface area contributed by atoms with Gasteiger partial charge >= 0.3 is 0 Å². The lowest BCUT2D eigenvalue weighted by atomic mass is 10.3. The van der Waals surface area contributed by atoms with Crippen LogP contribution in [0.25, 0.3) is 11.0 Å². The SMILES string of the molecule is Fc1ccc(NCn2nnc3cc(Cl)ccc32)cc1. The summed E-state index contributed by atoms with van der Waals surface area (Å²) >= 11 is 5.89. The fraction of sp³-hybridized carbons (Fsp3) is 0.0769. The maximum Gasteiger partial charge on any atom is 0.123 e. The molecule has 0 spiro atoms. The van der Waals surface area contributed by atoms with Crippen LogP contribution in [0.3, 0.4) is 0 Å². The van der Waals surface area contributed by atoms with Gasteiger partial charge in [0.25, 0.3) is 0 Å². The molecule has 1 aromatic heterocycles. The Bertz CT molecular complexity index is 708. The molecule has 3 rings (SSSR count). The van der Waals surface area contributed by atoms with Crippen molar-refractivity contribution in [2.24, 2.45) is 0 Å². The van der Waals surface area contributed by atoms with Crippen molar-refractivity contribution in [2.45, 2.75) is 6.67 Å². The molecule has 1 heterocycles. The number of nitrogens with zero attached hydrogens (tertiary/aromatic N) is 3. The van der Waals surface area contributed by atoms with E-state index in [1.54, 1.807) is 28.9 Å². The Labute approximate surface area is 113 Å². The van der Waals surface area contributed by atoms with E-state index in [9.17, 15) is 4.39 Å². The molecule has 96 valence electrons. The summed E-state index contributed by atoms with van der Waals surface area (Å²) < 4.78 is 14.5. The highest BCUT2D eigenvalue weighted by Crippen LogP contribution is 2.17. The van der Waals surface area contributed by atoms with E-state index in [1.807, 2.05) is 6.07 Å². The Hall–Kier alpha value is -2.14. The Kier molecular flexibility index (Phi) is 3.05. The maximum atomic E-state index is 12.8. The summed E-state index contributed by atoms with van der Waals surface area (Å²) in [6, 6.07) is 11.6. The summed E-state index contributed by atoms with van der Waals surface area (Å²) in [6.07, 6.45) is 0. The third-order valence-electron chi connectivity index (χ3n) is 2.75. The first kappa shape index (κ1) is 11.9. The molecule has 0 aliphatic carbocycles. The first-order valence-electron chi connectivity index (χ1n) is 5.70. The van der Waals surface area contributed by atoms with Crippen LogP contribution in [0.1, 0.15) is 0 Å². The smallest absolute Gasteiger partial charge is 0.123 e. The van der Waals surface area contributed by atoms with Gasteiger partial charge in [0, 0.05) is 10.7 Å². The van der Waals surface area contributed by atoms with Gasteiger partial charge in [-0.2, -0.15) is 0 Å². The van der Waals surface area contributed by atoms with Crippen molar-refractivity contribution in [2.75, 3.05) is 5.32 Å². The number of hydrogen-bond acceptors (Lipinski definition) is 3. The van der Waals surface area contributed by atoms with Crippen LogP contribution in [0.2, 0.25) is 5.02 Å². The Morgan fingerprint density at radius 1 is 1.16 bits per heavy atom. The van der Waals surface area contributed by atoms with Crippen molar-refractivity contribution in [3.05, 3.63) is 53.3 Å². The van der Waals surface area contributed by atoms with Gasteiger partial charge in [0.2, 0.25) is 0 Å². The molecule has 1 N–H and O–H groups in total. The highest BCUT2D eigenvalue weighted by atomic mass is 35.5. The van der Waals surface area contributed by atoms with Gasteiger partial charge in [0.1, 0.15) is 18.0 Å². The molecule has 3 aromatic rings. The van der Waals surface area contributed by atoms with Gasteiger partial charge < -0.3 is 5.32 Å². The summed E-state index contributed by atoms with van der Waals surface area (Å²) in [5.41, 5.74) is 2.45. The van der Waals surface area contributed by atoms with Crippen LogP contribution in [-0.2, 0) is 6.67 Å². The van der Waals surface area contributed by atoms with Crippen LogP contribution in [0.4, 0.5) is 10.1 Å². The molecular weight excluding hydrogens is 267 g/mol. The Balaban J connectivity index is 1.80. The van der Waals surface area contributed by atoms with Gasteiger partial charge in [-0.1, -0.05) is 16.8 Å². The molecule has 6 heteroatoms. The largest absolute Gasteiger partial charge is 0.366 e. The van der Waals surface area contributed by atoms with Gasteiger partial charge in [-0.3, -0.25) is 0 Å². The predicted octanol–water partition coefficient (Wildman–Crippen LogP) is 3.29. The van der Waals surface area contributed by atoms with E-state index in [4.69, 9.17) is 11.6 Å². The lowest BCUT2D eigenvalue weighted by molar-refractivity contribution is 0.627. The number of hydrogen-bond donors (Lipinski definition) is 1. The lowest BCUT2D eigenvalue weighted by Gasteiger charge is -2.06. The van der Waals surface area contributed by atoms with Crippen molar-refractivity contribution in [3.8, 4) is 0 Å². The van der Waals surface area contributed by atoms with Crippen LogP contribution < -0.4 is 5.32 Å². The number of aromatic nitrogens is 3. The normalized spacial score (nSPS) is 10.8. The second-order valence-corrected chi connectivity index (χ2v) is 4.50. The molecule has 0 atom stereocenters. The van der Waals surface area contributed by atoms with E-state index in [-0.39, 0.29) is 5.82 Å². The van der Waals surface area contributed by atoms with Crippen LogP contribution in [-0.4, -0.2) is 15.0 Å².